The van der Waals surface area contributed by atoms with Crippen molar-refractivity contribution in [3.63, 3.8) is 0 Å². The van der Waals surface area contributed by atoms with E-state index >= 15 is 0 Å². The highest BCUT2D eigenvalue weighted by Gasteiger charge is 2.52. The lowest BCUT2D eigenvalue weighted by Gasteiger charge is -2.32. The first kappa shape index (κ1) is 22.6. The molecule has 5 heteroatoms. The van der Waals surface area contributed by atoms with Crippen LogP contribution in [0.4, 0.5) is 0 Å². The molecule has 0 bridgehead atoms. The molecule has 0 saturated carbocycles. The number of carbonyl (C=O) groups is 1. The number of aryl methyl sites for hydroxylation is 1. The van der Waals surface area contributed by atoms with Gasteiger partial charge in [0.2, 0.25) is 0 Å². The number of ether oxygens (including phenoxy) is 1. The normalized spacial score (nSPS) is 13.3. The quantitative estimate of drug-likeness (QED) is 0.423. The molecule has 0 N–H and O–H groups in total. The van der Waals surface area contributed by atoms with Crippen LogP contribution in [0.25, 0.3) is 5.57 Å². The van der Waals surface area contributed by atoms with Crippen molar-refractivity contribution in [2.75, 3.05) is 7.11 Å². The van der Waals surface area contributed by atoms with E-state index in [2.05, 4.69) is 13.2 Å². The molecule has 0 radical (unpaired) electrons. The fraction of sp³-hybridized carbons (Fsp3) is 0.292. The van der Waals surface area contributed by atoms with Crippen molar-refractivity contribution in [3.05, 3.63) is 84.5 Å². The summed E-state index contributed by atoms with van der Waals surface area (Å²) < 4.78 is 30.8. The Bertz CT molecular complexity index is 989. The molecule has 0 heterocycles. The van der Waals surface area contributed by atoms with Crippen LogP contribution in [0.2, 0.25) is 0 Å². The molecule has 2 rings (SSSR count). The van der Waals surface area contributed by atoms with Crippen molar-refractivity contribution in [2.24, 2.45) is 0 Å². The van der Waals surface area contributed by atoms with Gasteiger partial charge in [0.15, 0.2) is 14.6 Å². The minimum atomic E-state index is -4.10. The third-order valence-corrected chi connectivity index (χ3v) is 7.50. The summed E-state index contributed by atoms with van der Waals surface area (Å²) in [6, 6.07) is 15.7. The first-order chi connectivity index (χ1) is 13.7. The second-order valence-electron chi connectivity index (χ2n) is 7.23. The predicted octanol–water partition coefficient (Wildman–Crippen LogP) is 5.14. The lowest BCUT2D eigenvalue weighted by Crippen LogP contribution is -2.48. The SMILES string of the molecule is C=C(CC)CC(CC(=C)c1ccccc1)(C(=O)OC)S(=O)(=O)c1ccc(C)cc1. The van der Waals surface area contributed by atoms with E-state index in [9.17, 15) is 13.2 Å². The molecular formula is C24H28O4S. The number of carbonyl (C=O) groups excluding carboxylic acids is 1. The lowest BCUT2D eigenvalue weighted by atomic mass is 9.89. The first-order valence-corrected chi connectivity index (χ1v) is 11.0. The van der Waals surface area contributed by atoms with Gasteiger partial charge in [-0.05, 0) is 43.0 Å². The van der Waals surface area contributed by atoms with E-state index < -0.39 is 20.6 Å². The first-order valence-electron chi connectivity index (χ1n) is 9.47. The van der Waals surface area contributed by atoms with E-state index in [1.54, 1.807) is 12.1 Å². The van der Waals surface area contributed by atoms with Crippen LogP contribution in [0.3, 0.4) is 0 Å². The Labute approximate surface area is 173 Å². The number of allylic oxidation sites excluding steroid dienone is 2. The predicted molar refractivity (Wildman–Crippen MR) is 117 cm³/mol. The van der Waals surface area contributed by atoms with Crippen molar-refractivity contribution in [1.82, 2.24) is 0 Å². The highest BCUT2D eigenvalue weighted by atomic mass is 32.2. The van der Waals surface area contributed by atoms with Crippen molar-refractivity contribution < 1.29 is 17.9 Å². The molecule has 0 spiro atoms. The summed E-state index contributed by atoms with van der Waals surface area (Å²) in [6.45, 7) is 11.8. The number of esters is 1. The standard InChI is InChI=1S/C24H28O4S/c1-6-18(2)16-24(23(25)28-5,17-20(4)21-10-8-7-9-11-21)29(26,27)22-14-12-19(3)13-15-22/h7-15H,2,4,6,16-17H2,1,3,5H3. The maximum Gasteiger partial charge on any atom is 0.328 e. The molecular weight excluding hydrogens is 384 g/mol. The van der Waals surface area contributed by atoms with E-state index in [0.717, 1.165) is 11.1 Å². The van der Waals surface area contributed by atoms with E-state index in [4.69, 9.17) is 4.74 Å². The largest absolute Gasteiger partial charge is 0.468 e. The van der Waals surface area contributed by atoms with Crippen LogP contribution < -0.4 is 0 Å². The van der Waals surface area contributed by atoms with Crippen LogP contribution in [0.15, 0.2) is 78.2 Å². The Hall–Kier alpha value is -2.66. The Morgan fingerprint density at radius 3 is 2.10 bits per heavy atom. The van der Waals surface area contributed by atoms with Gasteiger partial charge in [-0.25, -0.2) is 8.42 Å². The minimum Gasteiger partial charge on any atom is -0.468 e. The van der Waals surface area contributed by atoms with Crippen LogP contribution in [0.1, 0.15) is 37.3 Å². The third kappa shape index (κ3) is 4.67. The summed E-state index contributed by atoms with van der Waals surface area (Å²) in [4.78, 5) is 13.1. The zero-order chi connectivity index (χ0) is 21.7. The molecule has 1 atom stereocenters. The van der Waals surface area contributed by atoms with Gasteiger partial charge in [0, 0.05) is 6.42 Å². The molecule has 4 nitrogen and oxygen atoms in total. The number of rotatable bonds is 9. The van der Waals surface area contributed by atoms with Gasteiger partial charge in [-0.15, -0.1) is 0 Å². The zero-order valence-corrected chi connectivity index (χ0v) is 18.1. The summed E-state index contributed by atoms with van der Waals surface area (Å²) in [7, 11) is -2.89. The molecule has 1 unspecified atom stereocenters. The van der Waals surface area contributed by atoms with Crippen LogP contribution in [0, 0.1) is 6.92 Å². The van der Waals surface area contributed by atoms with Crippen molar-refractivity contribution in [2.45, 2.75) is 42.8 Å². The second kappa shape index (κ2) is 9.23. The Morgan fingerprint density at radius 1 is 1.00 bits per heavy atom. The second-order valence-corrected chi connectivity index (χ2v) is 9.49. The number of hydrogen-bond donors (Lipinski definition) is 0. The summed E-state index contributed by atoms with van der Waals surface area (Å²) >= 11 is 0. The average molecular weight is 413 g/mol. The molecule has 0 saturated heterocycles. The van der Waals surface area contributed by atoms with Gasteiger partial charge in [0.25, 0.3) is 0 Å². The van der Waals surface area contributed by atoms with Gasteiger partial charge >= 0.3 is 5.97 Å². The fourth-order valence-corrected chi connectivity index (χ4v) is 5.29. The summed E-state index contributed by atoms with van der Waals surface area (Å²) in [5.74, 6) is -0.801. The molecule has 0 amide bonds. The summed E-state index contributed by atoms with van der Waals surface area (Å²) in [6.07, 6.45) is 0.442. The van der Waals surface area contributed by atoms with E-state index in [0.29, 0.717) is 17.6 Å². The van der Waals surface area contributed by atoms with Gasteiger partial charge in [0.05, 0.1) is 12.0 Å². The molecule has 0 fully saturated rings. The maximum absolute atomic E-state index is 13.8. The highest BCUT2D eigenvalue weighted by Crippen LogP contribution is 2.40. The minimum absolute atomic E-state index is 0.0295. The molecule has 0 aliphatic heterocycles. The Kier molecular flexibility index (Phi) is 7.20. The van der Waals surface area contributed by atoms with Gasteiger partial charge in [-0.2, -0.15) is 0 Å². The highest BCUT2D eigenvalue weighted by molar-refractivity contribution is 7.93. The Balaban J connectivity index is 2.67. The number of hydrogen-bond acceptors (Lipinski definition) is 4. The maximum atomic E-state index is 13.8. The average Bonchev–Trinajstić information content (AvgIpc) is 2.73. The summed E-state index contributed by atoms with van der Waals surface area (Å²) in [5.41, 5.74) is 2.92. The number of sulfone groups is 1. The third-order valence-electron chi connectivity index (χ3n) is 5.12. The smallest absolute Gasteiger partial charge is 0.328 e. The topological polar surface area (TPSA) is 60.4 Å². The van der Waals surface area contributed by atoms with Crippen molar-refractivity contribution in [3.8, 4) is 0 Å². The van der Waals surface area contributed by atoms with Crippen LogP contribution >= 0.6 is 0 Å². The molecule has 0 aromatic heterocycles. The van der Waals surface area contributed by atoms with Gasteiger partial charge in [0.1, 0.15) is 0 Å². The molecule has 0 aliphatic carbocycles. The van der Waals surface area contributed by atoms with Gasteiger partial charge in [-0.3, -0.25) is 4.79 Å². The van der Waals surface area contributed by atoms with Crippen molar-refractivity contribution in [1.29, 1.82) is 0 Å². The molecule has 2 aromatic carbocycles. The number of methoxy groups -OCH3 is 1. The fourth-order valence-electron chi connectivity index (χ4n) is 3.29. The van der Waals surface area contributed by atoms with Crippen molar-refractivity contribution >= 4 is 21.4 Å². The summed E-state index contributed by atoms with van der Waals surface area (Å²) in [5, 5.41) is 0. The monoisotopic (exact) mass is 412 g/mol. The van der Waals surface area contributed by atoms with E-state index in [1.807, 2.05) is 44.2 Å². The lowest BCUT2D eigenvalue weighted by molar-refractivity contribution is -0.143. The van der Waals surface area contributed by atoms with Crippen LogP contribution in [0.5, 0.6) is 0 Å². The number of benzene rings is 2. The molecule has 154 valence electrons. The van der Waals surface area contributed by atoms with Crippen LogP contribution in [-0.2, 0) is 19.4 Å². The molecule has 2 aromatic rings. The Morgan fingerprint density at radius 2 is 1.59 bits per heavy atom. The van der Waals surface area contributed by atoms with Crippen LogP contribution in [-0.4, -0.2) is 26.2 Å². The molecule has 29 heavy (non-hydrogen) atoms. The zero-order valence-electron chi connectivity index (χ0n) is 17.3. The van der Waals surface area contributed by atoms with E-state index in [1.165, 1.54) is 19.2 Å². The molecule has 0 aliphatic rings. The van der Waals surface area contributed by atoms with E-state index in [-0.39, 0.29) is 17.7 Å². The van der Waals surface area contributed by atoms with Gasteiger partial charge in [-0.1, -0.05) is 73.7 Å². The van der Waals surface area contributed by atoms with Gasteiger partial charge < -0.3 is 4.74 Å².